The van der Waals surface area contributed by atoms with Crippen molar-refractivity contribution in [3.8, 4) is 0 Å². The van der Waals surface area contributed by atoms with E-state index in [1.165, 1.54) is 24.4 Å². The van der Waals surface area contributed by atoms with Crippen LogP contribution in [-0.2, 0) is 6.42 Å². The van der Waals surface area contributed by atoms with Crippen molar-refractivity contribution < 1.29 is 0 Å². The average molecular weight is 466 g/mol. The first-order valence-corrected chi connectivity index (χ1v) is 9.44. The molecule has 0 bridgehead atoms. The highest BCUT2D eigenvalue weighted by molar-refractivity contribution is 14.0. The number of aliphatic imine (C=N–C) groups is 1. The molecule has 0 unspecified atom stereocenters. The van der Waals surface area contributed by atoms with Crippen LogP contribution < -0.4 is 10.2 Å². The highest BCUT2D eigenvalue weighted by Gasteiger charge is 2.21. The van der Waals surface area contributed by atoms with E-state index < -0.39 is 0 Å². The molecule has 0 saturated carbocycles. The normalized spacial score (nSPS) is 15.6. The minimum atomic E-state index is 0. The molecule has 1 aliphatic rings. The van der Waals surface area contributed by atoms with Gasteiger partial charge >= 0.3 is 0 Å². The Hall–Kier alpha value is -0.640. The van der Waals surface area contributed by atoms with Crippen molar-refractivity contribution in [1.29, 1.82) is 0 Å². The minimum absolute atomic E-state index is 0. The van der Waals surface area contributed by atoms with Gasteiger partial charge in [-0.3, -0.25) is 4.99 Å². The first-order valence-electron chi connectivity index (χ1n) is 8.67. The molecule has 0 aliphatic carbocycles. The number of halogens is 1. The number of nitrogens with one attached hydrogen (secondary N) is 1. The number of piperazine rings is 1. The van der Waals surface area contributed by atoms with Crippen molar-refractivity contribution >= 4 is 46.6 Å². The summed E-state index contributed by atoms with van der Waals surface area (Å²) in [6.45, 7) is 11.5. The van der Waals surface area contributed by atoms with Crippen LogP contribution in [0.4, 0.5) is 5.13 Å². The standard InChI is InChI=1S/C16H30N6S.HI/c1-5-14-19-16(23-20-14)22-11-9-21(10-12-22)15(17-4)18-8-6-7-13(2)3;/h13H,5-12H2,1-4H3,(H,17,18);1H. The van der Waals surface area contributed by atoms with Crippen LogP contribution in [0.2, 0.25) is 0 Å². The SMILES string of the molecule is CCc1nsc(N2CCN(C(=NC)NCCCC(C)C)CC2)n1.I. The van der Waals surface area contributed by atoms with Gasteiger partial charge in [0.05, 0.1) is 0 Å². The molecule has 24 heavy (non-hydrogen) atoms. The Morgan fingerprint density at radius 1 is 1.29 bits per heavy atom. The van der Waals surface area contributed by atoms with E-state index in [0.717, 1.165) is 62.0 Å². The van der Waals surface area contributed by atoms with Crippen molar-refractivity contribution in [2.24, 2.45) is 10.9 Å². The molecule has 0 radical (unpaired) electrons. The van der Waals surface area contributed by atoms with Crippen LogP contribution in [0.5, 0.6) is 0 Å². The summed E-state index contributed by atoms with van der Waals surface area (Å²) in [6.07, 6.45) is 3.36. The number of hydrogen-bond acceptors (Lipinski definition) is 5. The average Bonchev–Trinajstić information content (AvgIpc) is 3.04. The van der Waals surface area contributed by atoms with E-state index in [2.05, 4.69) is 50.2 Å². The molecule has 1 N–H and O–H groups in total. The number of guanidine groups is 1. The molecule has 6 nitrogen and oxygen atoms in total. The molecule has 0 spiro atoms. The fraction of sp³-hybridized carbons (Fsp3) is 0.812. The Morgan fingerprint density at radius 2 is 2.00 bits per heavy atom. The van der Waals surface area contributed by atoms with Gasteiger partial charge in [0, 0.05) is 57.7 Å². The second-order valence-corrected chi connectivity index (χ2v) is 7.06. The molecule has 2 heterocycles. The largest absolute Gasteiger partial charge is 0.356 e. The summed E-state index contributed by atoms with van der Waals surface area (Å²) in [4.78, 5) is 13.7. The van der Waals surface area contributed by atoms with Gasteiger partial charge in [-0.2, -0.15) is 4.37 Å². The lowest BCUT2D eigenvalue weighted by molar-refractivity contribution is 0.371. The number of rotatable bonds is 6. The molecule has 2 rings (SSSR count). The summed E-state index contributed by atoms with van der Waals surface area (Å²) in [6, 6.07) is 0. The van der Waals surface area contributed by atoms with E-state index in [-0.39, 0.29) is 24.0 Å². The van der Waals surface area contributed by atoms with Gasteiger partial charge in [0.1, 0.15) is 5.82 Å². The van der Waals surface area contributed by atoms with Crippen molar-refractivity contribution in [3.63, 3.8) is 0 Å². The van der Waals surface area contributed by atoms with Gasteiger partial charge in [-0.25, -0.2) is 4.98 Å². The Balaban J connectivity index is 0.00000288. The van der Waals surface area contributed by atoms with Crippen molar-refractivity contribution in [2.45, 2.75) is 40.0 Å². The third-order valence-corrected chi connectivity index (χ3v) is 4.89. The molecular weight excluding hydrogens is 435 g/mol. The fourth-order valence-electron chi connectivity index (χ4n) is 2.67. The summed E-state index contributed by atoms with van der Waals surface area (Å²) in [5, 5.41) is 4.55. The zero-order valence-corrected chi connectivity index (χ0v) is 18.4. The first-order chi connectivity index (χ1) is 11.1. The lowest BCUT2D eigenvalue weighted by Crippen LogP contribution is -2.52. The fourth-order valence-corrected chi connectivity index (χ4v) is 3.47. The van der Waals surface area contributed by atoms with Crippen LogP contribution in [0.3, 0.4) is 0 Å². The van der Waals surface area contributed by atoms with E-state index in [0.29, 0.717) is 0 Å². The molecule has 1 fully saturated rings. The van der Waals surface area contributed by atoms with Crippen LogP contribution in [0.25, 0.3) is 0 Å². The van der Waals surface area contributed by atoms with Crippen molar-refractivity contribution in [1.82, 2.24) is 19.6 Å². The Labute approximate surface area is 167 Å². The van der Waals surface area contributed by atoms with E-state index in [1.807, 2.05) is 7.05 Å². The van der Waals surface area contributed by atoms with Gasteiger partial charge in [0.15, 0.2) is 5.96 Å². The number of aromatic nitrogens is 2. The van der Waals surface area contributed by atoms with E-state index in [9.17, 15) is 0 Å². The predicted octanol–water partition coefficient (Wildman–Crippen LogP) is 2.85. The lowest BCUT2D eigenvalue weighted by Gasteiger charge is -2.36. The lowest BCUT2D eigenvalue weighted by atomic mass is 10.1. The zero-order valence-electron chi connectivity index (χ0n) is 15.3. The maximum Gasteiger partial charge on any atom is 0.205 e. The summed E-state index contributed by atoms with van der Waals surface area (Å²) >= 11 is 1.52. The molecule has 0 aromatic carbocycles. The Bertz CT molecular complexity index is 497. The third kappa shape index (κ3) is 6.34. The van der Waals surface area contributed by atoms with E-state index in [1.54, 1.807) is 0 Å². The quantitative estimate of drug-likeness (QED) is 0.303. The monoisotopic (exact) mass is 466 g/mol. The third-order valence-electron chi connectivity index (χ3n) is 4.08. The van der Waals surface area contributed by atoms with E-state index in [4.69, 9.17) is 0 Å². The molecule has 1 aromatic heterocycles. The summed E-state index contributed by atoms with van der Waals surface area (Å²) in [7, 11) is 1.87. The number of hydrogen-bond donors (Lipinski definition) is 1. The van der Waals surface area contributed by atoms with Gasteiger partial charge in [0.25, 0.3) is 0 Å². The highest BCUT2D eigenvalue weighted by Crippen LogP contribution is 2.19. The van der Waals surface area contributed by atoms with Crippen LogP contribution in [-0.4, -0.2) is 60.0 Å². The summed E-state index contributed by atoms with van der Waals surface area (Å²) in [5.74, 6) is 2.75. The van der Waals surface area contributed by atoms with Crippen LogP contribution in [0.15, 0.2) is 4.99 Å². The maximum atomic E-state index is 4.59. The van der Waals surface area contributed by atoms with Gasteiger partial charge in [0.2, 0.25) is 5.13 Å². The molecule has 1 saturated heterocycles. The van der Waals surface area contributed by atoms with Crippen LogP contribution in [0.1, 0.15) is 39.4 Å². The smallest absolute Gasteiger partial charge is 0.205 e. The number of aryl methyl sites for hydroxylation is 1. The van der Waals surface area contributed by atoms with Crippen LogP contribution in [0, 0.1) is 5.92 Å². The zero-order chi connectivity index (χ0) is 16.7. The first kappa shape index (κ1) is 21.4. The van der Waals surface area contributed by atoms with E-state index >= 15 is 0 Å². The topological polar surface area (TPSA) is 56.7 Å². The highest BCUT2D eigenvalue weighted by atomic mass is 127. The second kappa shape index (κ2) is 11.1. The molecule has 8 heteroatoms. The van der Waals surface area contributed by atoms with Crippen molar-refractivity contribution in [3.05, 3.63) is 5.82 Å². The molecule has 1 aliphatic heterocycles. The Morgan fingerprint density at radius 3 is 2.54 bits per heavy atom. The van der Waals surface area contributed by atoms with Gasteiger partial charge in [-0.15, -0.1) is 24.0 Å². The molecule has 0 atom stereocenters. The maximum absolute atomic E-state index is 4.59. The molecule has 138 valence electrons. The summed E-state index contributed by atoms with van der Waals surface area (Å²) < 4.78 is 4.38. The van der Waals surface area contributed by atoms with Gasteiger partial charge < -0.3 is 15.1 Å². The second-order valence-electron chi connectivity index (χ2n) is 6.33. The predicted molar refractivity (Wildman–Crippen MR) is 114 cm³/mol. The Kier molecular flexibility index (Phi) is 9.87. The number of nitrogens with zero attached hydrogens (tertiary/aromatic N) is 5. The minimum Gasteiger partial charge on any atom is -0.356 e. The molecular formula is C16H31IN6S. The van der Waals surface area contributed by atoms with Gasteiger partial charge in [-0.05, 0) is 18.8 Å². The number of anilines is 1. The van der Waals surface area contributed by atoms with Crippen molar-refractivity contribution in [2.75, 3.05) is 44.7 Å². The van der Waals surface area contributed by atoms with Crippen LogP contribution >= 0.6 is 35.5 Å². The van der Waals surface area contributed by atoms with Gasteiger partial charge in [-0.1, -0.05) is 20.8 Å². The molecule has 0 amide bonds. The summed E-state index contributed by atoms with van der Waals surface area (Å²) in [5.41, 5.74) is 0. The molecule has 1 aromatic rings.